The van der Waals surface area contributed by atoms with E-state index in [0.29, 0.717) is 23.7 Å². The van der Waals surface area contributed by atoms with Gasteiger partial charge in [0, 0.05) is 24.6 Å². The van der Waals surface area contributed by atoms with Gasteiger partial charge in [0.1, 0.15) is 11.6 Å². The Kier molecular flexibility index (Phi) is 4.81. The molecule has 3 aromatic rings. The number of benzene rings is 2. The van der Waals surface area contributed by atoms with Crippen LogP contribution in [0.1, 0.15) is 16.8 Å². The predicted octanol–water partition coefficient (Wildman–Crippen LogP) is 4.16. The van der Waals surface area contributed by atoms with Crippen LogP contribution in [0.15, 0.2) is 34.9 Å². The lowest BCUT2D eigenvalue weighted by atomic mass is 10.0. The van der Waals surface area contributed by atoms with Gasteiger partial charge in [0.2, 0.25) is 5.91 Å². The average molecular weight is 408 g/mol. The third-order valence-electron chi connectivity index (χ3n) is 4.76. The molecule has 0 unspecified atom stereocenters. The molecule has 29 heavy (non-hydrogen) atoms. The molecule has 0 atom stereocenters. The molecule has 4 nitrogen and oxygen atoms in total. The molecule has 0 aliphatic carbocycles. The van der Waals surface area contributed by atoms with E-state index in [9.17, 15) is 26.7 Å². The summed E-state index contributed by atoms with van der Waals surface area (Å²) in [6.07, 6.45) is -0.00545. The van der Waals surface area contributed by atoms with E-state index in [1.807, 2.05) is 0 Å². The Bertz CT molecular complexity index is 1090. The van der Waals surface area contributed by atoms with Crippen molar-refractivity contribution in [3.8, 4) is 11.3 Å². The van der Waals surface area contributed by atoms with Gasteiger partial charge in [-0.05, 0) is 29.8 Å². The van der Waals surface area contributed by atoms with Crippen LogP contribution >= 0.6 is 0 Å². The Morgan fingerprint density at radius 3 is 2.45 bits per heavy atom. The van der Waals surface area contributed by atoms with E-state index in [-0.39, 0.29) is 36.4 Å². The van der Waals surface area contributed by atoms with Gasteiger partial charge in [0.05, 0.1) is 24.2 Å². The van der Waals surface area contributed by atoms with Crippen LogP contribution in [0.25, 0.3) is 11.3 Å². The first-order valence-corrected chi connectivity index (χ1v) is 8.67. The van der Waals surface area contributed by atoms with Crippen molar-refractivity contribution < 1.29 is 31.3 Å². The minimum absolute atomic E-state index is 0.00711. The second kappa shape index (κ2) is 7.31. The van der Waals surface area contributed by atoms with Crippen molar-refractivity contribution in [2.75, 3.05) is 6.54 Å². The van der Waals surface area contributed by atoms with Gasteiger partial charge in [-0.25, -0.2) is 22.0 Å². The molecular formula is C20H13F5N2O2. The molecule has 1 aromatic heterocycles. The fourth-order valence-electron chi connectivity index (χ4n) is 3.31. The van der Waals surface area contributed by atoms with Gasteiger partial charge in [0.25, 0.3) is 0 Å². The van der Waals surface area contributed by atoms with E-state index in [1.54, 1.807) is 0 Å². The lowest BCUT2D eigenvalue weighted by Gasteiger charge is -2.26. The summed E-state index contributed by atoms with van der Waals surface area (Å²) in [6, 6.07) is 4.55. The zero-order chi connectivity index (χ0) is 20.7. The second-order valence-electron chi connectivity index (χ2n) is 6.68. The van der Waals surface area contributed by atoms with Crippen LogP contribution in [0.5, 0.6) is 0 Å². The summed E-state index contributed by atoms with van der Waals surface area (Å²) in [5, 5.41) is 3.89. The smallest absolute Gasteiger partial charge is 0.227 e. The number of carbonyl (C=O) groups is 1. The van der Waals surface area contributed by atoms with Crippen molar-refractivity contribution >= 4 is 5.91 Å². The van der Waals surface area contributed by atoms with Gasteiger partial charge in [-0.1, -0.05) is 5.16 Å². The number of hydrogen-bond acceptors (Lipinski definition) is 3. The average Bonchev–Trinajstić information content (AvgIpc) is 3.09. The summed E-state index contributed by atoms with van der Waals surface area (Å²) in [5.74, 6) is -6.27. The van der Waals surface area contributed by atoms with Gasteiger partial charge in [0.15, 0.2) is 23.2 Å². The molecule has 4 rings (SSSR count). The van der Waals surface area contributed by atoms with E-state index >= 15 is 0 Å². The minimum Gasteiger partial charge on any atom is -0.356 e. The molecular weight excluding hydrogens is 395 g/mol. The molecule has 9 heteroatoms. The SMILES string of the molecule is O=C(Cc1cc(F)c(F)c(F)c1)N1CCc2noc(-c3ccc(F)cc3F)c2C1. The number of halogens is 5. The highest BCUT2D eigenvalue weighted by Gasteiger charge is 2.29. The Morgan fingerprint density at radius 1 is 1.03 bits per heavy atom. The topological polar surface area (TPSA) is 46.3 Å². The van der Waals surface area contributed by atoms with Crippen LogP contribution < -0.4 is 0 Å². The highest BCUT2D eigenvalue weighted by Crippen LogP contribution is 2.32. The molecule has 0 bridgehead atoms. The Labute approximate surface area is 161 Å². The van der Waals surface area contributed by atoms with Crippen LogP contribution in [-0.2, 0) is 24.2 Å². The highest BCUT2D eigenvalue weighted by molar-refractivity contribution is 5.79. The van der Waals surface area contributed by atoms with Crippen LogP contribution in [0, 0.1) is 29.1 Å². The van der Waals surface area contributed by atoms with Gasteiger partial charge >= 0.3 is 0 Å². The lowest BCUT2D eigenvalue weighted by molar-refractivity contribution is -0.131. The largest absolute Gasteiger partial charge is 0.356 e. The number of carbonyl (C=O) groups excluding carboxylic acids is 1. The van der Waals surface area contributed by atoms with Crippen LogP contribution in [-0.4, -0.2) is 22.5 Å². The molecule has 2 aromatic carbocycles. The van der Waals surface area contributed by atoms with Gasteiger partial charge < -0.3 is 9.42 Å². The predicted molar refractivity (Wildman–Crippen MR) is 91.0 cm³/mol. The van der Waals surface area contributed by atoms with Crippen molar-refractivity contribution in [2.45, 2.75) is 19.4 Å². The Hall–Kier alpha value is -3.23. The van der Waals surface area contributed by atoms with E-state index in [1.165, 1.54) is 11.0 Å². The number of aromatic nitrogens is 1. The van der Waals surface area contributed by atoms with Gasteiger partial charge in [-0.3, -0.25) is 4.79 Å². The van der Waals surface area contributed by atoms with Gasteiger partial charge in [-0.2, -0.15) is 0 Å². The summed E-state index contributed by atoms with van der Waals surface area (Å²) in [4.78, 5) is 14.0. The fourth-order valence-corrected chi connectivity index (χ4v) is 3.31. The zero-order valence-corrected chi connectivity index (χ0v) is 14.8. The quantitative estimate of drug-likeness (QED) is 0.483. The molecule has 1 aliphatic rings. The van der Waals surface area contributed by atoms with Crippen molar-refractivity contribution in [1.29, 1.82) is 0 Å². The van der Waals surface area contributed by atoms with E-state index in [4.69, 9.17) is 4.52 Å². The number of nitrogens with zero attached hydrogens (tertiary/aromatic N) is 2. The van der Waals surface area contributed by atoms with E-state index in [2.05, 4.69) is 5.16 Å². The molecule has 0 spiro atoms. The summed E-state index contributed by atoms with van der Waals surface area (Å²) < 4.78 is 72.3. The normalized spacial score (nSPS) is 13.5. The maximum atomic E-state index is 14.1. The molecule has 0 fully saturated rings. The molecule has 1 aliphatic heterocycles. The lowest BCUT2D eigenvalue weighted by Crippen LogP contribution is -2.37. The minimum atomic E-state index is -1.60. The second-order valence-corrected chi connectivity index (χ2v) is 6.68. The molecule has 1 amide bonds. The third kappa shape index (κ3) is 3.59. The van der Waals surface area contributed by atoms with Crippen molar-refractivity contribution in [1.82, 2.24) is 10.1 Å². The Balaban J connectivity index is 1.57. The van der Waals surface area contributed by atoms with Crippen molar-refractivity contribution in [3.63, 3.8) is 0 Å². The Morgan fingerprint density at radius 2 is 1.76 bits per heavy atom. The van der Waals surface area contributed by atoms with E-state index < -0.39 is 35.0 Å². The molecule has 0 radical (unpaired) electrons. The first-order chi connectivity index (χ1) is 13.8. The van der Waals surface area contributed by atoms with Crippen LogP contribution in [0.3, 0.4) is 0 Å². The molecule has 0 saturated carbocycles. The third-order valence-corrected chi connectivity index (χ3v) is 4.76. The summed E-state index contributed by atoms with van der Waals surface area (Å²) in [5.41, 5.74) is 1.03. The first kappa shape index (κ1) is 19.1. The monoisotopic (exact) mass is 408 g/mol. The zero-order valence-electron chi connectivity index (χ0n) is 14.8. The fraction of sp³-hybridized carbons (Fsp3) is 0.200. The van der Waals surface area contributed by atoms with Crippen LogP contribution in [0.2, 0.25) is 0 Å². The summed E-state index contributed by atoms with van der Waals surface area (Å²) in [7, 11) is 0. The summed E-state index contributed by atoms with van der Waals surface area (Å²) in [6.45, 7) is 0.311. The van der Waals surface area contributed by atoms with Gasteiger partial charge in [-0.15, -0.1) is 0 Å². The van der Waals surface area contributed by atoms with Crippen molar-refractivity contribution in [3.05, 3.63) is 76.2 Å². The number of rotatable bonds is 3. The number of amides is 1. The number of hydrogen-bond donors (Lipinski definition) is 0. The molecule has 2 heterocycles. The van der Waals surface area contributed by atoms with Crippen LogP contribution in [0.4, 0.5) is 22.0 Å². The molecule has 0 saturated heterocycles. The molecule has 150 valence electrons. The maximum Gasteiger partial charge on any atom is 0.227 e. The number of fused-ring (bicyclic) bond motifs is 1. The maximum absolute atomic E-state index is 14.1. The highest BCUT2D eigenvalue weighted by atomic mass is 19.2. The van der Waals surface area contributed by atoms with E-state index in [0.717, 1.165) is 18.2 Å². The summed E-state index contributed by atoms with van der Waals surface area (Å²) >= 11 is 0. The first-order valence-electron chi connectivity index (χ1n) is 8.67. The molecule has 0 N–H and O–H groups in total. The van der Waals surface area contributed by atoms with Crippen molar-refractivity contribution in [2.24, 2.45) is 0 Å². The standard InChI is InChI=1S/C20H13F5N2O2/c21-11-1-2-12(14(22)8-11)20-13-9-27(4-3-17(13)26-29-20)18(28)7-10-5-15(23)19(25)16(24)6-10/h1-2,5-6,8H,3-4,7,9H2.